The second kappa shape index (κ2) is 8.52. The summed E-state index contributed by atoms with van der Waals surface area (Å²) in [6.07, 6.45) is 3.16. The number of anilines is 1. The Balaban J connectivity index is 1.77. The molecule has 0 radical (unpaired) electrons. The second-order valence-corrected chi connectivity index (χ2v) is 7.58. The Morgan fingerprint density at radius 1 is 1.22 bits per heavy atom. The van der Waals surface area contributed by atoms with Gasteiger partial charge in [-0.3, -0.25) is 9.59 Å². The zero-order chi connectivity index (χ0) is 19.4. The van der Waals surface area contributed by atoms with E-state index in [1.807, 2.05) is 6.92 Å². The summed E-state index contributed by atoms with van der Waals surface area (Å²) < 4.78 is 18.6. The number of hydrogen-bond acceptors (Lipinski definition) is 4. The van der Waals surface area contributed by atoms with Gasteiger partial charge in [0.05, 0.1) is 5.56 Å². The third-order valence-corrected chi connectivity index (χ3v) is 5.68. The number of aryl methyl sites for hydroxylation is 1. The Morgan fingerprint density at radius 2 is 1.93 bits per heavy atom. The number of halogens is 1. The van der Waals surface area contributed by atoms with E-state index in [0.717, 1.165) is 31.2 Å². The van der Waals surface area contributed by atoms with E-state index in [9.17, 15) is 14.0 Å². The van der Waals surface area contributed by atoms with Crippen molar-refractivity contribution in [3.8, 4) is 5.75 Å². The van der Waals surface area contributed by atoms with Gasteiger partial charge in [-0.2, -0.15) is 0 Å². The molecule has 7 heteroatoms. The SMILES string of the molecule is CCNC(=O)c1c(NC(=O)C(C)Oc2ccc(F)cc2)sc2c1CCCC2. The number of thiophene rings is 1. The van der Waals surface area contributed by atoms with Gasteiger partial charge in [-0.15, -0.1) is 11.3 Å². The van der Waals surface area contributed by atoms with Crippen molar-refractivity contribution in [3.05, 3.63) is 46.1 Å². The first kappa shape index (κ1) is 19.4. The van der Waals surface area contributed by atoms with Crippen molar-refractivity contribution in [2.24, 2.45) is 0 Å². The van der Waals surface area contributed by atoms with Crippen LogP contribution in [0, 0.1) is 5.82 Å². The highest BCUT2D eigenvalue weighted by molar-refractivity contribution is 7.17. The van der Waals surface area contributed by atoms with Gasteiger partial charge < -0.3 is 15.4 Å². The van der Waals surface area contributed by atoms with Gasteiger partial charge in [-0.1, -0.05) is 0 Å². The predicted octanol–water partition coefficient (Wildman–Crippen LogP) is 3.92. The maximum Gasteiger partial charge on any atom is 0.265 e. The molecule has 1 heterocycles. The Morgan fingerprint density at radius 3 is 2.63 bits per heavy atom. The lowest BCUT2D eigenvalue weighted by Crippen LogP contribution is -2.31. The van der Waals surface area contributed by atoms with Gasteiger partial charge in [-0.25, -0.2) is 4.39 Å². The molecule has 1 atom stereocenters. The zero-order valence-electron chi connectivity index (χ0n) is 15.4. The van der Waals surface area contributed by atoms with Crippen LogP contribution in [0.5, 0.6) is 5.75 Å². The van der Waals surface area contributed by atoms with Gasteiger partial charge >= 0.3 is 0 Å². The van der Waals surface area contributed by atoms with Crippen LogP contribution in [-0.2, 0) is 17.6 Å². The van der Waals surface area contributed by atoms with Crippen LogP contribution in [0.15, 0.2) is 24.3 Å². The van der Waals surface area contributed by atoms with Crippen LogP contribution in [0.3, 0.4) is 0 Å². The monoisotopic (exact) mass is 390 g/mol. The molecule has 0 saturated carbocycles. The molecular formula is C20H23FN2O3S. The summed E-state index contributed by atoms with van der Waals surface area (Å²) in [4.78, 5) is 26.3. The number of rotatable bonds is 6. The number of fused-ring (bicyclic) bond motifs is 1. The first-order valence-electron chi connectivity index (χ1n) is 9.15. The number of amides is 2. The average molecular weight is 390 g/mol. The molecule has 2 N–H and O–H groups in total. The van der Waals surface area contributed by atoms with Crippen LogP contribution >= 0.6 is 11.3 Å². The Kier molecular flexibility index (Phi) is 6.11. The van der Waals surface area contributed by atoms with Gasteiger partial charge in [0, 0.05) is 11.4 Å². The van der Waals surface area contributed by atoms with Crippen LogP contribution in [0.4, 0.5) is 9.39 Å². The number of hydrogen-bond donors (Lipinski definition) is 2. The van der Waals surface area contributed by atoms with E-state index in [0.29, 0.717) is 22.9 Å². The second-order valence-electron chi connectivity index (χ2n) is 6.48. The van der Waals surface area contributed by atoms with Crippen molar-refractivity contribution in [3.63, 3.8) is 0 Å². The summed E-state index contributed by atoms with van der Waals surface area (Å²) in [5.74, 6) is -0.452. The van der Waals surface area contributed by atoms with Gasteiger partial charge in [-0.05, 0) is 69.4 Å². The minimum Gasteiger partial charge on any atom is -0.481 e. The van der Waals surface area contributed by atoms with Gasteiger partial charge in [0.1, 0.15) is 16.6 Å². The molecule has 2 aromatic rings. The highest BCUT2D eigenvalue weighted by Gasteiger charge is 2.27. The van der Waals surface area contributed by atoms with E-state index in [4.69, 9.17) is 4.74 Å². The lowest BCUT2D eigenvalue weighted by molar-refractivity contribution is -0.122. The molecule has 0 bridgehead atoms. The van der Waals surface area contributed by atoms with Crippen LogP contribution in [0.2, 0.25) is 0 Å². The van der Waals surface area contributed by atoms with Crippen LogP contribution in [-0.4, -0.2) is 24.5 Å². The van der Waals surface area contributed by atoms with Crippen LogP contribution < -0.4 is 15.4 Å². The fourth-order valence-corrected chi connectivity index (χ4v) is 4.42. The summed E-state index contributed by atoms with van der Waals surface area (Å²) in [5.41, 5.74) is 1.64. The van der Waals surface area contributed by atoms with E-state index in [1.165, 1.54) is 40.5 Å². The summed E-state index contributed by atoms with van der Waals surface area (Å²) >= 11 is 1.47. The quantitative estimate of drug-likeness (QED) is 0.786. The number of nitrogens with one attached hydrogen (secondary N) is 2. The van der Waals surface area contributed by atoms with Gasteiger partial charge in [0.25, 0.3) is 11.8 Å². The van der Waals surface area contributed by atoms with Crippen LogP contribution in [0.1, 0.15) is 47.5 Å². The van der Waals surface area contributed by atoms with E-state index in [-0.39, 0.29) is 17.6 Å². The van der Waals surface area contributed by atoms with Crippen molar-refractivity contribution in [1.82, 2.24) is 5.32 Å². The highest BCUT2D eigenvalue weighted by Crippen LogP contribution is 2.38. The summed E-state index contributed by atoms with van der Waals surface area (Å²) in [7, 11) is 0. The highest BCUT2D eigenvalue weighted by atomic mass is 32.1. The standard InChI is InChI=1S/C20H23FN2O3S/c1-3-22-19(25)17-15-6-4-5-7-16(15)27-20(17)23-18(24)12(2)26-14-10-8-13(21)9-11-14/h8-12H,3-7H2,1-2H3,(H,22,25)(H,23,24). The molecule has 0 spiro atoms. The minimum atomic E-state index is -0.781. The third kappa shape index (κ3) is 4.47. The summed E-state index contributed by atoms with van der Waals surface area (Å²) in [5, 5.41) is 6.27. The molecule has 144 valence electrons. The predicted molar refractivity (Wildman–Crippen MR) is 104 cm³/mol. The molecule has 1 aliphatic rings. The van der Waals surface area contributed by atoms with E-state index in [2.05, 4.69) is 10.6 Å². The zero-order valence-corrected chi connectivity index (χ0v) is 16.2. The number of benzene rings is 1. The van der Waals surface area contributed by atoms with E-state index >= 15 is 0 Å². The lowest BCUT2D eigenvalue weighted by Gasteiger charge is -2.15. The normalized spacial score (nSPS) is 14.2. The van der Waals surface area contributed by atoms with Gasteiger partial charge in [0.2, 0.25) is 0 Å². The average Bonchev–Trinajstić information content (AvgIpc) is 3.01. The number of carbonyl (C=O) groups is 2. The fraction of sp³-hybridized carbons (Fsp3) is 0.400. The largest absolute Gasteiger partial charge is 0.481 e. The first-order chi connectivity index (χ1) is 13.0. The topological polar surface area (TPSA) is 67.4 Å². The van der Waals surface area contributed by atoms with Crippen molar-refractivity contribution >= 4 is 28.2 Å². The smallest absolute Gasteiger partial charge is 0.265 e. The Bertz CT molecular complexity index is 832. The van der Waals surface area contributed by atoms with E-state index < -0.39 is 6.10 Å². The van der Waals surface area contributed by atoms with Crippen molar-refractivity contribution in [1.29, 1.82) is 0 Å². The molecule has 1 aromatic heterocycles. The molecule has 0 fully saturated rings. The molecule has 1 aromatic carbocycles. The summed E-state index contributed by atoms with van der Waals surface area (Å²) in [6.45, 7) is 4.02. The molecule has 0 aliphatic heterocycles. The van der Waals surface area contributed by atoms with Gasteiger partial charge in [0.15, 0.2) is 6.10 Å². The van der Waals surface area contributed by atoms with Crippen molar-refractivity contribution < 1.29 is 18.7 Å². The van der Waals surface area contributed by atoms with Crippen molar-refractivity contribution in [2.75, 3.05) is 11.9 Å². The summed E-state index contributed by atoms with van der Waals surface area (Å²) in [6, 6.07) is 5.51. The van der Waals surface area contributed by atoms with E-state index in [1.54, 1.807) is 6.92 Å². The molecule has 0 saturated heterocycles. The maximum atomic E-state index is 13.0. The maximum absolute atomic E-state index is 13.0. The fourth-order valence-electron chi connectivity index (χ4n) is 3.13. The molecule has 3 rings (SSSR count). The molecular weight excluding hydrogens is 367 g/mol. The number of carbonyl (C=O) groups excluding carboxylic acids is 2. The van der Waals surface area contributed by atoms with Crippen molar-refractivity contribution in [2.45, 2.75) is 45.6 Å². The van der Waals surface area contributed by atoms with Crippen LogP contribution in [0.25, 0.3) is 0 Å². The minimum absolute atomic E-state index is 0.153. The lowest BCUT2D eigenvalue weighted by atomic mass is 9.95. The Labute approximate surface area is 161 Å². The molecule has 1 unspecified atom stereocenters. The molecule has 27 heavy (non-hydrogen) atoms. The first-order valence-corrected chi connectivity index (χ1v) is 9.97. The molecule has 5 nitrogen and oxygen atoms in total. The number of ether oxygens (including phenoxy) is 1. The molecule has 2 amide bonds. The molecule has 1 aliphatic carbocycles. The Hall–Kier alpha value is -2.41. The third-order valence-electron chi connectivity index (χ3n) is 4.47.